The van der Waals surface area contributed by atoms with Crippen molar-refractivity contribution in [3.63, 3.8) is 0 Å². The Kier molecular flexibility index (Phi) is 3.45. The van der Waals surface area contributed by atoms with Gasteiger partial charge in [-0.2, -0.15) is 0 Å². The molecule has 1 aliphatic heterocycles. The van der Waals surface area contributed by atoms with Gasteiger partial charge in [0, 0.05) is 12.6 Å². The maximum absolute atomic E-state index is 3.88. The number of hydrogen-bond acceptors (Lipinski definition) is 1. The van der Waals surface area contributed by atoms with E-state index in [1.54, 1.807) is 5.57 Å². The summed E-state index contributed by atoms with van der Waals surface area (Å²) in [5, 5.41) is 0. The first-order valence-corrected chi connectivity index (χ1v) is 6.06. The summed E-state index contributed by atoms with van der Waals surface area (Å²) in [5.74, 6) is 0.702. The molecule has 0 radical (unpaired) electrons. The first kappa shape index (κ1) is 11.4. The van der Waals surface area contributed by atoms with Crippen molar-refractivity contribution in [2.45, 2.75) is 25.8 Å². The van der Waals surface area contributed by atoms with Crippen LogP contribution in [0.1, 0.15) is 19.8 Å². The Bertz CT molecular complexity index is 360. The molecular formula is C15H21N. The highest BCUT2D eigenvalue weighted by Crippen LogP contribution is 2.27. The summed E-state index contributed by atoms with van der Waals surface area (Å²) in [6.07, 6.45) is 13.7. The Morgan fingerprint density at radius 2 is 2.31 bits per heavy atom. The van der Waals surface area contributed by atoms with Crippen molar-refractivity contribution in [2.24, 2.45) is 5.92 Å². The monoisotopic (exact) mass is 215 g/mol. The van der Waals surface area contributed by atoms with E-state index < -0.39 is 0 Å². The Balaban J connectivity index is 1.96. The number of nitrogens with zero attached hydrogens (tertiary/aromatic N) is 1. The van der Waals surface area contributed by atoms with E-state index in [9.17, 15) is 0 Å². The molecule has 0 fully saturated rings. The molecule has 0 saturated heterocycles. The minimum absolute atomic E-state index is 0.444. The van der Waals surface area contributed by atoms with Gasteiger partial charge in [0.25, 0.3) is 0 Å². The van der Waals surface area contributed by atoms with Crippen LogP contribution in [0.3, 0.4) is 0 Å². The summed E-state index contributed by atoms with van der Waals surface area (Å²) in [6.45, 7) is 7.16. The van der Waals surface area contributed by atoms with Gasteiger partial charge in [0.05, 0.1) is 0 Å². The lowest BCUT2D eigenvalue weighted by Crippen LogP contribution is -2.23. The van der Waals surface area contributed by atoms with Crippen molar-refractivity contribution >= 4 is 0 Å². The highest BCUT2D eigenvalue weighted by molar-refractivity contribution is 5.26. The standard InChI is InChI=1S/C15H21N/c1-4-15-10-14(11-16(15)3)9-13-7-5-6-12(2)8-13/h4-6,8,10,13,15H,1,7,9,11H2,2-3H3. The topological polar surface area (TPSA) is 3.24 Å². The van der Waals surface area contributed by atoms with Crippen LogP contribution in [0.25, 0.3) is 0 Å². The molecule has 1 aliphatic carbocycles. The van der Waals surface area contributed by atoms with E-state index in [0.29, 0.717) is 12.0 Å². The quantitative estimate of drug-likeness (QED) is 0.653. The summed E-state index contributed by atoms with van der Waals surface area (Å²) in [4.78, 5) is 2.34. The van der Waals surface area contributed by atoms with Gasteiger partial charge >= 0.3 is 0 Å². The van der Waals surface area contributed by atoms with E-state index in [-0.39, 0.29) is 0 Å². The number of likely N-dealkylation sites (N-methyl/N-ethyl adjacent to an activating group) is 1. The van der Waals surface area contributed by atoms with Gasteiger partial charge in [0.2, 0.25) is 0 Å². The molecule has 0 saturated carbocycles. The van der Waals surface area contributed by atoms with Gasteiger partial charge in [-0.05, 0) is 32.7 Å². The summed E-state index contributed by atoms with van der Waals surface area (Å²) >= 11 is 0. The molecule has 86 valence electrons. The van der Waals surface area contributed by atoms with Crippen LogP contribution in [0.4, 0.5) is 0 Å². The molecular weight excluding hydrogens is 194 g/mol. The highest BCUT2D eigenvalue weighted by atomic mass is 15.1. The number of allylic oxidation sites excluding steroid dienone is 4. The molecule has 0 N–H and O–H groups in total. The Hall–Kier alpha value is -1.08. The third kappa shape index (κ3) is 2.53. The van der Waals surface area contributed by atoms with Gasteiger partial charge in [-0.3, -0.25) is 4.90 Å². The number of hydrogen-bond donors (Lipinski definition) is 0. The molecule has 0 bridgehead atoms. The Morgan fingerprint density at radius 1 is 1.50 bits per heavy atom. The molecule has 2 rings (SSSR count). The zero-order chi connectivity index (χ0) is 11.5. The summed E-state index contributed by atoms with van der Waals surface area (Å²) < 4.78 is 0. The van der Waals surface area contributed by atoms with Crippen LogP contribution in [-0.2, 0) is 0 Å². The van der Waals surface area contributed by atoms with Gasteiger partial charge in [0.1, 0.15) is 0 Å². The highest BCUT2D eigenvalue weighted by Gasteiger charge is 2.20. The van der Waals surface area contributed by atoms with E-state index >= 15 is 0 Å². The summed E-state index contributed by atoms with van der Waals surface area (Å²) in [5.41, 5.74) is 2.97. The van der Waals surface area contributed by atoms with Crippen molar-refractivity contribution in [2.75, 3.05) is 13.6 Å². The molecule has 2 aliphatic rings. The predicted octanol–water partition coefficient (Wildman–Crippen LogP) is 3.33. The molecule has 0 aromatic carbocycles. The first-order chi connectivity index (χ1) is 7.69. The van der Waals surface area contributed by atoms with E-state index in [1.807, 2.05) is 6.08 Å². The first-order valence-electron chi connectivity index (χ1n) is 6.06. The average Bonchev–Trinajstić information content (AvgIpc) is 2.58. The second-order valence-corrected chi connectivity index (χ2v) is 4.98. The molecule has 0 aromatic heterocycles. The zero-order valence-corrected chi connectivity index (χ0v) is 10.3. The van der Waals surface area contributed by atoms with Gasteiger partial charge in [-0.25, -0.2) is 0 Å². The lowest BCUT2D eigenvalue weighted by atomic mass is 9.91. The molecule has 2 unspecified atom stereocenters. The fraction of sp³-hybridized carbons (Fsp3) is 0.467. The molecule has 1 heterocycles. The van der Waals surface area contributed by atoms with E-state index in [4.69, 9.17) is 0 Å². The third-order valence-corrected chi connectivity index (χ3v) is 3.45. The van der Waals surface area contributed by atoms with Gasteiger partial charge in [0.15, 0.2) is 0 Å². The van der Waals surface area contributed by atoms with E-state index in [1.165, 1.54) is 18.4 Å². The zero-order valence-electron chi connectivity index (χ0n) is 10.3. The van der Waals surface area contributed by atoms with E-state index in [2.05, 4.69) is 49.8 Å². The van der Waals surface area contributed by atoms with Crippen LogP contribution in [0.15, 0.2) is 48.1 Å². The average molecular weight is 215 g/mol. The Labute approximate surface area is 98.8 Å². The Morgan fingerprint density at radius 3 is 2.94 bits per heavy atom. The fourth-order valence-corrected chi connectivity index (χ4v) is 2.63. The third-order valence-electron chi connectivity index (χ3n) is 3.45. The van der Waals surface area contributed by atoms with Crippen molar-refractivity contribution in [1.29, 1.82) is 0 Å². The van der Waals surface area contributed by atoms with Crippen molar-refractivity contribution in [1.82, 2.24) is 4.90 Å². The molecule has 0 amide bonds. The maximum Gasteiger partial charge on any atom is 0.0462 e. The SMILES string of the molecule is C=CC1C=C(CC2C=C(C)C=CC2)CN1C. The van der Waals surface area contributed by atoms with Gasteiger partial charge in [-0.1, -0.05) is 41.5 Å². The second kappa shape index (κ2) is 4.84. The molecule has 16 heavy (non-hydrogen) atoms. The van der Waals surface area contributed by atoms with Crippen LogP contribution in [0.5, 0.6) is 0 Å². The number of rotatable bonds is 3. The molecule has 0 spiro atoms. The van der Waals surface area contributed by atoms with Gasteiger partial charge in [-0.15, -0.1) is 6.58 Å². The van der Waals surface area contributed by atoms with E-state index in [0.717, 1.165) is 6.54 Å². The van der Waals surface area contributed by atoms with Crippen molar-refractivity contribution in [3.05, 3.63) is 48.1 Å². The summed E-state index contributed by atoms with van der Waals surface area (Å²) in [6, 6.07) is 0.444. The smallest absolute Gasteiger partial charge is 0.0462 e. The van der Waals surface area contributed by atoms with Crippen molar-refractivity contribution < 1.29 is 0 Å². The minimum Gasteiger partial charge on any atom is -0.293 e. The van der Waals surface area contributed by atoms with Gasteiger partial charge < -0.3 is 0 Å². The van der Waals surface area contributed by atoms with Crippen LogP contribution in [0, 0.1) is 5.92 Å². The molecule has 2 atom stereocenters. The molecule has 0 aromatic rings. The lowest BCUT2D eigenvalue weighted by molar-refractivity contribution is 0.369. The lowest BCUT2D eigenvalue weighted by Gasteiger charge is -2.17. The molecule has 1 nitrogen and oxygen atoms in total. The summed E-state index contributed by atoms with van der Waals surface area (Å²) in [7, 11) is 2.16. The van der Waals surface area contributed by atoms with Crippen LogP contribution in [0.2, 0.25) is 0 Å². The largest absolute Gasteiger partial charge is 0.293 e. The fourth-order valence-electron chi connectivity index (χ4n) is 2.63. The van der Waals surface area contributed by atoms with Crippen molar-refractivity contribution in [3.8, 4) is 0 Å². The maximum atomic E-state index is 3.88. The van der Waals surface area contributed by atoms with Crippen LogP contribution < -0.4 is 0 Å². The predicted molar refractivity (Wildman–Crippen MR) is 70.3 cm³/mol. The van der Waals surface area contributed by atoms with Crippen LogP contribution in [-0.4, -0.2) is 24.5 Å². The van der Waals surface area contributed by atoms with Crippen LogP contribution >= 0.6 is 0 Å². The normalized spacial score (nSPS) is 30.1. The molecule has 1 heteroatoms. The second-order valence-electron chi connectivity index (χ2n) is 4.98. The minimum atomic E-state index is 0.444.